The Kier molecular flexibility index (Phi) is 4.57. The predicted molar refractivity (Wildman–Crippen MR) is 61.7 cm³/mol. The molecule has 3 nitrogen and oxygen atoms in total. The molecule has 0 radical (unpaired) electrons. The number of rotatable bonds is 4. The molecule has 0 aliphatic heterocycles. The van der Waals surface area contributed by atoms with Gasteiger partial charge in [-0.05, 0) is 31.9 Å². The summed E-state index contributed by atoms with van der Waals surface area (Å²) in [6.07, 6.45) is 0.605. The zero-order valence-corrected chi connectivity index (χ0v) is 9.89. The van der Waals surface area contributed by atoms with Gasteiger partial charge in [-0.2, -0.15) is 0 Å². The Bertz CT molecular complexity index is 419. The van der Waals surface area contributed by atoms with E-state index in [4.69, 9.17) is 5.73 Å². The Hall–Kier alpha value is -1.49. The van der Waals surface area contributed by atoms with Gasteiger partial charge in [-0.15, -0.1) is 0 Å². The maximum atomic E-state index is 13.3. The van der Waals surface area contributed by atoms with Crippen LogP contribution in [0.4, 0.5) is 8.78 Å². The third kappa shape index (κ3) is 3.78. The van der Waals surface area contributed by atoms with Gasteiger partial charge < -0.3 is 11.1 Å². The van der Waals surface area contributed by atoms with E-state index in [1.807, 2.05) is 6.92 Å². The molecule has 0 spiro atoms. The molecule has 0 aliphatic rings. The minimum atomic E-state index is -0.855. The molecule has 17 heavy (non-hydrogen) atoms. The number of hydrogen-bond acceptors (Lipinski definition) is 2. The molecule has 0 aliphatic carbocycles. The summed E-state index contributed by atoms with van der Waals surface area (Å²) in [5, 5.41) is 2.54. The number of nitrogens with two attached hydrogens (primary N) is 1. The largest absolute Gasteiger partial charge is 0.352 e. The van der Waals surface area contributed by atoms with Crippen LogP contribution in [0.1, 0.15) is 29.3 Å². The zero-order chi connectivity index (χ0) is 13.0. The highest BCUT2D eigenvalue weighted by molar-refractivity contribution is 5.94. The smallest absolute Gasteiger partial charge is 0.254 e. The fraction of sp³-hybridized carbons (Fsp3) is 0.417. The molecule has 1 atom stereocenters. The number of nitrogens with one attached hydrogen (secondary N) is 1. The van der Waals surface area contributed by atoms with Crippen LogP contribution in [0, 0.1) is 18.6 Å². The van der Waals surface area contributed by atoms with Gasteiger partial charge in [-0.1, -0.05) is 0 Å². The first kappa shape index (κ1) is 13.6. The van der Waals surface area contributed by atoms with Crippen LogP contribution in [-0.2, 0) is 0 Å². The van der Waals surface area contributed by atoms with Crippen LogP contribution in [0.3, 0.4) is 0 Å². The predicted octanol–water partition coefficient (Wildman–Crippen LogP) is 1.74. The molecule has 3 N–H and O–H groups in total. The summed E-state index contributed by atoms with van der Waals surface area (Å²) in [4.78, 5) is 11.6. The van der Waals surface area contributed by atoms with E-state index in [1.54, 1.807) is 0 Å². The second kappa shape index (κ2) is 5.72. The van der Waals surface area contributed by atoms with Crippen LogP contribution >= 0.6 is 0 Å². The minimum Gasteiger partial charge on any atom is -0.352 e. The summed E-state index contributed by atoms with van der Waals surface area (Å²) in [5.74, 6) is -2.06. The van der Waals surface area contributed by atoms with E-state index in [9.17, 15) is 13.6 Å². The number of carbonyl (C=O) groups excluding carboxylic acids is 1. The molecule has 1 aromatic carbocycles. The number of benzene rings is 1. The van der Waals surface area contributed by atoms with Crippen molar-refractivity contribution in [3.63, 3.8) is 0 Å². The topological polar surface area (TPSA) is 55.1 Å². The van der Waals surface area contributed by atoms with E-state index >= 15 is 0 Å². The zero-order valence-electron chi connectivity index (χ0n) is 9.89. The summed E-state index contributed by atoms with van der Waals surface area (Å²) in [6, 6.07) is 1.89. The molecule has 0 bridgehead atoms. The highest BCUT2D eigenvalue weighted by Gasteiger charge is 2.14. The van der Waals surface area contributed by atoms with Crippen LogP contribution in [0.2, 0.25) is 0 Å². The van der Waals surface area contributed by atoms with Crippen molar-refractivity contribution in [2.24, 2.45) is 5.73 Å². The molecule has 0 fully saturated rings. The Morgan fingerprint density at radius 2 is 2.06 bits per heavy atom. The molecule has 0 saturated carbocycles. The highest BCUT2D eigenvalue weighted by Crippen LogP contribution is 2.13. The van der Waals surface area contributed by atoms with Crippen LogP contribution in [0.15, 0.2) is 12.1 Å². The average Bonchev–Trinajstić information content (AvgIpc) is 2.22. The van der Waals surface area contributed by atoms with Gasteiger partial charge >= 0.3 is 0 Å². The summed E-state index contributed by atoms with van der Waals surface area (Å²) in [6.45, 7) is 3.66. The van der Waals surface area contributed by atoms with E-state index < -0.39 is 17.5 Å². The van der Waals surface area contributed by atoms with Crippen molar-refractivity contribution in [1.82, 2.24) is 5.32 Å². The fourth-order valence-electron chi connectivity index (χ4n) is 1.34. The van der Waals surface area contributed by atoms with Crippen molar-refractivity contribution < 1.29 is 13.6 Å². The average molecular weight is 242 g/mol. The molecule has 5 heteroatoms. The first-order chi connectivity index (χ1) is 7.91. The number of carbonyl (C=O) groups is 1. The van der Waals surface area contributed by atoms with Gasteiger partial charge in [-0.25, -0.2) is 8.78 Å². The molecule has 94 valence electrons. The number of hydrogen-bond donors (Lipinski definition) is 2. The van der Waals surface area contributed by atoms with Crippen molar-refractivity contribution in [3.05, 3.63) is 34.9 Å². The monoisotopic (exact) mass is 242 g/mol. The van der Waals surface area contributed by atoms with Crippen molar-refractivity contribution in [2.45, 2.75) is 26.3 Å². The second-order valence-corrected chi connectivity index (χ2v) is 4.10. The molecule has 0 aromatic heterocycles. The summed E-state index contributed by atoms with van der Waals surface area (Å²) in [7, 11) is 0. The van der Waals surface area contributed by atoms with Crippen molar-refractivity contribution in [3.8, 4) is 0 Å². The summed E-state index contributed by atoms with van der Waals surface area (Å²) >= 11 is 0. The van der Waals surface area contributed by atoms with E-state index in [-0.39, 0.29) is 17.2 Å². The fourth-order valence-corrected chi connectivity index (χ4v) is 1.34. The number of aryl methyl sites for hydroxylation is 1. The van der Waals surface area contributed by atoms with Gasteiger partial charge in [0.1, 0.15) is 11.6 Å². The molecule has 1 rings (SSSR count). The van der Waals surface area contributed by atoms with E-state index in [1.165, 1.54) is 13.0 Å². The van der Waals surface area contributed by atoms with Gasteiger partial charge in [0.15, 0.2) is 0 Å². The van der Waals surface area contributed by atoms with Gasteiger partial charge in [0, 0.05) is 18.7 Å². The molecule has 0 heterocycles. The SMILES string of the molecule is Cc1cc(C(=O)NCCC(C)N)c(F)cc1F. The lowest BCUT2D eigenvalue weighted by molar-refractivity contribution is 0.0948. The minimum absolute atomic E-state index is 0.0323. The molecule has 1 unspecified atom stereocenters. The Morgan fingerprint density at radius 3 is 2.65 bits per heavy atom. The van der Waals surface area contributed by atoms with Crippen LogP contribution < -0.4 is 11.1 Å². The first-order valence-corrected chi connectivity index (χ1v) is 5.41. The maximum Gasteiger partial charge on any atom is 0.254 e. The molecule has 0 saturated heterocycles. The summed E-state index contributed by atoms with van der Waals surface area (Å²) < 4.78 is 26.3. The van der Waals surface area contributed by atoms with E-state index in [2.05, 4.69) is 5.32 Å². The van der Waals surface area contributed by atoms with Crippen molar-refractivity contribution in [1.29, 1.82) is 0 Å². The number of amides is 1. The first-order valence-electron chi connectivity index (χ1n) is 5.41. The van der Waals surface area contributed by atoms with Gasteiger partial charge in [0.25, 0.3) is 5.91 Å². The lowest BCUT2D eigenvalue weighted by atomic mass is 10.1. The third-order valence-electron chi connectivity index (χ3n) is 2.38. The van der Waals surface area contributed by atoms with E-state index in [0.29, 0.717) is 13.0 Å². The lowest BCUT2D eigenvalue weighted by Gasteiger charge is -2.08. The van der Waals surface area contributed by atoms with Gasteiger partial charge in [-0.3, -0.25) is 4.79 Å². The Morgan fingerprint density at radius 1 is 1.41 bits per heavy atom. The van der Waals surface area contributed by atoms with Gasteiger partial charge in [0.05, 0.1) is 5.56 Å². The van der Waals surface area contributed by atoms with Crippen molar-refractivity contribution in [2.75, 3.05) is 6.54 Å². The number of halogens is 2. The maximum absolute atomic E-state index is 13.3. The van der Waals surface area contributed by atoms with E-state index in [0.717, 1.165) is 6.07 Å². The Balaban J connectivity index is 2.72. The van der Waals surface area contributed by atoms with Gasteiger partial charge in [0.2, 0.25) is 0 Å². The summed E-state index contributed by atoms with van der Waals surface area (Å²) in [5.41, 5.74) is 5.61. The third-order valence-corrected chi connectivity index (χ3v) is 2.38. The quantitative estimate of drug-likeness (QED) is 0.845. The Labute approximate surface area is 99.0 Å². The second-order valence-electron chi connectivity index (χ2n) is 4.10. The molecule has 1 aromatic rings. The van der Waals surface area contributed by atoms with Crippen LogP contribution in [0.25, 0.3) is 0 Å². The molecular formula is C12H16F2N2O. The normalized spacial score (nSPS) is 12.3. The van der Waals surface area contributed by atoms with Crippen LogP contribution in [-0.4, -0.2) is 18.5 Å². The van der Waals surface area contributed by atoms with Crippen LogP contribution in [0.5, 0.6) is 0 Å². The molecule has 1 amide bonds. The molecular weight excluding hydrogens is 226 g/mol. The highest BCUT2D eigenvalue weighted by atomic mass is 19.1. The lowest BCUT2D eigenvalue weighted by Crippen LogP contribution is -2.29. The standard InChI is InChI=1S/C12H16F2N2O/c1-7-5-9(11(14)6-10(7)13)12(17)16-4-3-8(2)15/h5-6,8H,3-4,15H2,1-2H3,(H,16,17). The van der Waals surface area contributed by atoms with Crippen molar-refractivity contribution >= 4 is 5.91 Å².